The first kappa shape index (κ1) is 17.9. The fourth-order valence-electron chi connectivity index (χ4n) is 3.25. The van der Waals surface area contributed by atoms with Crippen molar-refractivity contribution in [3.05, 3.63) is 57.1 Å². The van der Waals surface area contributed by atoms with Crippen LogP contribution in [-0.2, 0) is 17.6 Å². The molecule has 0 radical (unpaired) electrons. The smallest absolute Gasteiger partial charge is 0.349 e. The monoisotopic (exact) mass is 382 g/mol. The van der Waals surface area contributed by atoms with Crippen molar-refractivity contribution in [1.82, 2.24) is 10.2 Å². The zero-order chi connectivity index (χ0) is 18.8. The summed E-state index contributed by atoms with van der Waals surface area (Å²) in [5, 5.41) is 8.12. The van der Waals surface area contributed by atoms with Gasteiger partial charge in [0.2, 0.25) is 5.89 Å². The average molecular weight is 382 g/mol. The maximum absolute atomic E-state index is 12.5. The van der Waals surface area contributed by atoms with Crippen molar-refractivity contribution >= 4 is 17.3 Å². The number of hydrogen-bond acceptors (Lipinski definition) is 6. The Bertz CT molecular complexity index is 919. The van der Waals surface area contributed by atoms with Gasteiger partial charge in [-0.3, -0.25) is 0 Å². The summed E-state index contributed by atoms with van der Waals surface area (Å²) in [6, 6.07) is 9.84. The Labute approximate surface area is 162 Å². The summed E-state index contributed by atoms with van der Waals surface area (Å²) < 4.78 is 11.3. The number of thiophene rings is 1. The molecule has 6 heteroatoms. The third-order valence-electron chi connectivity index (χ3n) is 4.82. The van der Waals surface area contributed by atoms with Crippen LogP contribution in [0.3, 0.4) is 0 Å². The molecule has 1 aromatic carbocycles. The number of fused-ring (bicyclic) bond motifs is 1. The van der Waals surface area contributed by atoms with Crippen LogP contribution in [0.2, 0.25) is 0 Å². The van der Waals surface area contributed by atoms with Crippen LogP contribution >= 0.6 is 11.3 Å². The third-order valence-corrected chi connectivity index (χ3v) is 6.04. The number of rotatable bonds is 4. The van der Waals surface area contributed by atoms with Gasteiger partial charge in [-0.1, -0.05) is 24.1 Å². The normalized spacial score (nSPS) is 15.0. The summed E-state index contributed by atoms with van der Waals surface area (Å²) >= 11 is 1.56. The molecular weight excluding hydrogens is 360 g/mol. The van der Waals surface area contributed by atoms with Crippen LogP contribution in [-0.4, -0.2) is 16.2 Å². The zero-order valence-corrected chi connectivity index (χ0v) is 16.3. The topological polar surface area (TPSA) is 65.2 Å². The minimum absolute atomic E-state index is 0.303. The van der Waals surface area contributed by atoms with E-state index in [4.69, 9.17) is 9.15 Å². The first-order chi connectivity index (χ1) is 13.1. The molecule has 0 unspecified atom stereocenters. The van der Waals surface area contributed by atoms with Gasteiger partial charge >= 0.3 is 5.97 Å². The van der Waals surface area contributed by atoms with Gasteiger partial charge in [-0.25, -0.2) is 4.79 Å². The molecule has 0 N–H and O–H groups in total. The second-order valence-electron chi connectivity index (χ2n) is 6.98. The van der Waals surface area contributed by atoms with Crippen LogP contribution in [0.4, 0.5) is 0 Å². The first-order valence-corrected chi connectivity index (χ1v) is 10.1. The molecule has 2 heterocycles. The largest absolute Gasteiger partial charge is 0.448 e. The number of hydrogen-bond donors (Lipinski definition) is 0. The maximum Gasteiger partial charge on any atom is 0.349 e. The van der Waals surface area contributed by atoms with Gasteiger partial charge in [0.1, 0.15) is 4.88 Å². The third kappa shape index (κ3) is 3.95. The van der Waals surface area contributed by atoms with Crippen LogP contribution in [0.15, 0.2) is 34.7 Å². The predicted molar refractivity (Wildman–Crippen MR) is 104 cm³/mol. The van der Waals surface area contributed by atoms with E-state index in [1.165, 1.54) is 29.7 Å². The molecule has 2 aromatic heterocycles. The molecule has 1 atom stereocenters. The lowest BCUT2D eigenvalue weighted by Gasteiger charge is -2.08. The van der Waals surface area contributed by atoms with Gasteiger partial charge in [0.05, 0.1) is 0 Å². The Kier molecular flexibility index (Phi) is 5.07. The second-order valence-corrected chi connectivity index (χ2v) is 8.12. The van der Waals surface area contributed by atoms with E-state index in [9.17, 15) is 4.79 Å². The Morgan fingerprint density at radius 1 is 1.15 bits per heavy atom. The molecule has 0 amide bonds. The Morgan fingerprint density at radius 3 is 2.74 bits per heavy atom. The molecule has 5 nitrogen and oxygen atoms in total. The van der Waals surface area contributed by atoms with Crippen molar-refractivity contribution in [3.8, 4) is 11.5 Å². The number of benzene rings is 1. The highest BCUT2D eigenvalue weighted by Crippen LogP contribution is 2.30. The lowest BCUT2D eigenvalue weighted by molar-refractivity contribution is 0.0285. The number of aryl methyl sites for hydroxylation is 3. The lowest BCUT2D eigenvalue weighted by atomic mass is 10.1. The molecular formula is C21H22N2O3S. The Morgan fingerprint density at radius 2 is 1.93 bits per heavy atom. The molecule has 4 rings (SSSR count). The van der Waals surface area contributed by atoms with Gasteiger partial charge in [-0.05, 0) is 63.3 Å². The van der Waals surface area contributed by atoms with E-state index in [0.717, 1.165) is 24.0 Å². The van der Waals surface area contributed by atoms with Crippen molar-refractivity contribution in [1.29, 1.82) is 0 Å². The van der Waals surface area contributed by atoms with E-state index < -0.39 is 6.10 Å². The van der Waals surface area contributed by atoms with Gasteiger partial charge < -0.3 is 9.15 Å². The molecule has 1 aliphatic carbocycles. The molecule has 0 saturated heterocycles. The number of ether oxygens (including phenoxy) is 1. The van der Waals surface area contributed by atoms with Gasteiger partial charge in [0.15, 0.2) is 6.10 Å². The summed E-state index contributed by atoms with van der Waals surface area (Å²) in [7, 11) is 0. The standard InChI is InChI=1S/C21H22N2O3S/c1-13-8-10-15(11-9-13)20-23-22-19(26-20)14(2)25-21(24)18-12-16-6-4-3-5-7-17(16)27-18/h8-12,14H,3-7H2,1-2H3/t14-/m1/s1. The van der Waals surface area contributed by atoms with Gasteiger partial charge in [-0.2, -0.15) is 0 Å². The average Bonchev–Trinajstić information content (AvgIpc) is 3.25. The van der Waals surface area contributed by atoms with E-state index in [-0.39, 0.29) is 5.97 Å². The van der Waals surface area contributed by atoms with E-state index in [1.54, 1.807) is 18.3 Å². The second kappa shape index (κ2) is 7.64. The Balaban J connectivity index is 1.45. The van der Waals surface area contributed by atoms with E-state index in [1.807, 2.05) is 37.3 Å². The fourth-order valence-corrected chi connectivity index (χ4v) is 4.39. The molecule has 0 fully saturated rings. The molecule has 140 valence electrons. The van der Waals surface area contributed by atoms with E-state index in [0.29, 0.717) is 16.7 Å². The fraction of sp³-hybridized carbons (Fsp3) is 0.381. The summed E-state index contributed by atoms with van der Waals surface area (Å²) in [6.07, 6.45) is 5.18. The first-order valence-electron chi connectivity index (χ1n) is 9.33. The zero-order valence-electron chi connectivity index (χ0n) is 15.5. The SMILES string of the molecule is Cc1ccc(-c2nnc([C@@H](C)OC(=O)c3cc4c(s3)CCCCC4)o2)cc1. The van der Waals surface area contributed by atoms with Crippen LogP contribution in [0.1, 0.15) is 63.9 Å². The number of aromatic nitrogens is 2. The van der Waals surface area contributed by atoms with Gasteiger partial charge in [-0.15, -0.1) is 21.5 Å². The molecule has 0 bridgehead atoms. The minimum atomic E-state index is -0.592. The summed E-state index contributed by atoms with van der Waals surface area (Å²) in [5.74, 6) is 0.406. The molecule has 3 aromatic rings. The highest BCUT2D eigenvalue weighted by molar-refractivity contribution is 7.14. The number of nitrogens with zero attached hydrogens (tertiary/aromatic N) is 2. The predicted octanol–water partition coefficient (Wildman–Crippen LogP) is 5.29. The molecule has 27 heavy (non-hydrogen) atoms. The van der Waals surface area contributed by atoms with E-state index in [2.05, 4.69) is 10.2 Å². The quantitative estimate of drug-likeness (QED) is 0.453. The summed E-state index contributed by atoms with van der Waals surface area (Å²) in [4.78, 5) is 14.5. The van der Waals surface area contributed by atoms with Crippen LogP contribution in [0, 0.1) is 6.92 Å². The molecule has 0 saturated carbocycles. The Hall–Kier alpha value is -2.47. The molecule has 1 aliphatic rings. The highest BCUT2D eigenvalue weighted by Gasteiger charge is 2.23. The number of esters is 1. The van der Waals surface area contributed by atoms with Crippen molar-refractivity contribution in [3.63, 3.8) is 0 Å². The molecule has 0 spiro atoms. The maximum atomic E-state index is 12.5. The van der Waals surface area contributed by atoms with Crippen molar-refractivity contribution in [2.45, 2.75) is 52.1 Å². The molecule has 0 aliphatic heterocycles. The van der Waals surface area contributed by atoms with Gasteiger partial charge in [0, 0.05) is 10.4 Å². The van der Waals surface area contributed by atoms with E-state index >= 15 is 0 Å². The lowest BCUT2D eigenvalue weighted by Crippen LogP contribution is -2.08. The number of carbonyl (C=O) groups is 1. The summed E-state index contributed by atoms with van der Waals surface area (Å²) in [5.41, 5.74) is 3.31. The number of carbonyl (C=O) groups excluding carboxylic acids is 1. The minimum Gasteiger partial charge on any atom is -0.448 e. The summed E-state index contributed by atoms with van der Waals surface area (Å²) in [6.45, 7) is 3.78. The highest BCUT2D eigenvalue weighted by atomic mass is 32.1. The van der Waals surface area contributed by atoms with Crippen molar-refractivity contribution in [2.24, 2.45) is 0 Å². The van der Waals surface area contributed by atoms with Crippen LogP contribution < -0.4 is 0 Å². The van der Waals surface area contributed by atoms with Crippen molar-refractivity contribution in [2.75, 3.05) is 0 Å². The van der Waals surface area contributed by atoms with Gasteiger partial charge in [0.25, 0.3) is 5.89 Å². The van der Waals surface area contributed by atoms with Crippen LogP contribution in [0.5, 0.6) is 0 Å². The van der Waals surface area contributed by atoms with Crippen molar-refractivity contribution < 1.29 is 13.9 Å². The van der Waals surface area contributed by atoms with Crippen LogP contribution in [0.25, 0.3) is 11.5 Å².